The second-order valence-corrected chi connectivity index (χ2v) is 4.25. The van der Waals surface area contributed by atoms with Gasteiger partial charge in [0.25, 0.3) is 0 Å². The summed E-state index contributed by atoms with van der Waals surface area (Å²) in [5.74, 6) is 0.569. The number of aromatic nitrogens is 7. The monoisotopic (exact) mass is 263 g/mol. The summed E-state index contributed by atoms with van der Waals surface area (Å²) >= 11 is 0. The number of rotatable bonds is 2. The Bertz CT molecular complexity index is 846. The highest BCUT2D eigenvalue weighted by Crippen LogP contribution is 2.19. The van der Waals surface area contributed by atoms with Crippen molar-refractivity contribution in [2.75, 3.05) is 0 Å². The fourth-order valence-corrected chi connectivity index (χ4v) is 2.09. The van der Waals surface area contributed by atoms with Crippen LogP contribution in [0, 0.1) is 0 Å². The molecule has 4 rings (SSSR count). The Hall–Kier alpha value is -3.09. The van der Waals surface area contributed by atoms with Crippen molar-refractivity contribution in [3.63, 3.8) is 0 Å². The zero-order valence-corrected chi connectivity index (χ0v) is 10.3. The van der Waals surface area contributed by atoms with Crippen molar-refractivity contribution in [3.8, 4) is 17.1 Å². The highest BCUT2D eigenvalue weighted by Gasteiger charge is 2.07. The third kappa shape index (κ3) is 1.64. The molecule has 0 amide bonds. The second kappa shape index (κ2) is 4.23. The van der Waals surface area contributed by atoms with Crippen LogP contribution >= 0.6 is 0 Å². The Morgan fingerprint density at radius 2 is 1.95 bits per heavy atom. The van der Waals surface area contributed by atoms with E-state index in [0.29, 0.717) is 5.82 Å². The van der Waals surface area contributed by atoms with Gasteiger partial charge >= 0.3 is 0 Å². The third-order valence-electron chi connectivity index (χ3n) is 3.05. The largest absolute Gasteiger partial charge is 0.237 e. The highest BCUT2D eigenvalue weighted by molar-refractivity contribution is 5.76. The first-order chi connectivity index (χ1) is 9.92. The van der Waals surface area contributed by atoms with E-state index >= 15 is 0 Å². The Kier molecular flexibility index (Phi) is 2.28. The van der Waals surface area contributed by atoms with Crippen LogP contribution in [0.15, 0.2) is 48.8 Å². The third-order valence-corrected chi connectivity index (χ3v) is 3.05. The molecule has 3 heterocycles. The molecule has 7 heteroatoms. The molecule has 0 aliphatic rings. The van der Waals surface area contributed by atoms with Gasteiger partial charge in [-0.05, 0) is 41.6 Å². The maximum Gasteiger partial charge on any atom is 0.204 e. The molecule has 1 N–H and O–H groups in total. The van der Waals surface area contributed by atoms with Gasteiger partial charge in [-0.1, -0.05) is 0 Å². The summed E-state index contributed by atoms with van der Waals surface area (Å²) in [5, 5.41) is 19.2. The fraction of sp³-hybridized carbons (Fsp3) is 0. The molecule has 0 fully saturated rings. The van der Waals surface area contributed by atoms with Crippen molar-refractivity contribution in [3.05, 3.63) is 48.8 Å². The van der Waals surface area contributed by atoms with Gasteiger partial charge in [-0.25, -0.2) is 9.67 Å². The number of hydrogen-bond acceptors (Lipinski definition) is 5. The number of aromatic amines is 1. The molecule has 7 nitrogen and oxygen atoms in total. The van der Waals surface area contributed by atoms with Crippen LogP contribution in [0.2, 0.25) is 0 Å². The molecule has 20 heavy (non-hydrogen) atoms. The van der Waals surface area contributed by atoms with Gasteiger partial charge in [0.15, 0.2) is 5.65 Å². The minimum atomic E-state index is 0.569. The van der Waals surface area contributed by atoms with Crippen LogP contribution < -0.4 is 0 Å². The number of H-pyrrole nitrogens is 1. The molecule has 4 aromatic rings. The van der Waals surface area contributed by atoms with Gasteiger partial charge in [-0.3, -0.25) is 0 Å². The lowest BCUT2D eigenvalue weighted by Crippen LogP contribution is -1.97. The maximum absolute atomic E-state index is 4.36. The van der Waals surface area contributed by atoms with Crippen LogP contribution in [-0.2, 0) is 0 Å². The van der Waals surface area contributed by atoms with E-state index in [0.717, 1.165) is 22.3 Å². The van der Waals surface area contributed by atoms with E-state index in [1.54, 1.807) is 17.1 Å². The zero-order valence-electron chi connectivity index (χ0n) is 10.3. The van der Waals surface area contributed by atoms with Crippen molar-refractivity contribution >= 4 is 11.0 Å². The maximum atomic E-state index is 4.36. The molecule has 1 aromatic carbocycles. The number of nitrogens with one attached hydrogen (secondary N) is 1. The van der Waals surface area contributed by atoms with Gasteiger partial charge in [-0.15, -0.1) is 10.2 Å². The van der Waals surface area contributed by atoms with E-state index in [-0.39, 0.29) is 0 Å². The lowest BCUT2D eigenvalue weighted by atomic mass is 10.2. The predicted molar refractivity (Wildman–Crippen MR) is 72.0 cm³/mol. The summed E-state index contributed by atoms with van der Waals surface area (Å²) in [6.45, 7) is 0. The van der Waals surface area contributed by atoms with Gasteiger partial charge in [0.2, 0.25) is 5.82 Å². The predicted octanol–water partition coefficient (Wildman–Crippen LogP) is 1.60. The standard InChI is InChI=1S/C13H9N7/c1-2-10-8-15-20(13(10)14-7-1)11-5-3-9(4-6-11)12-16-18-19-17-12/h1-8H,(H,16,17,18,19). The highest BCUT2D eigenvalue weighted by atomic mass is 15.5. The van der Waals surface area contributed by atoms with Crippen molar-refractivity contribution in [1.82, 2.24) is 35.4 Å². The summed E-state index contributed by atoms with van der Waals surface area (Å²) in [6, 6.07) is 11.6. The topological polar surface area (TPSA) is 85.2 Å². The molecule has 0 atom stereocenters. The van der Waals surface area contributed by atoms with Crippen LogP contribution in [0.4, 0.5) is 0 Å². The molecule has 0 aliphatic heterocycles. The van der Waals surface area contributed by atoms with E-state index in [4.69, 9.17) is 0 Å². The number of benzene rings is 1. The molecule has 0 saturated carbocycles. The quantitative estimate of drug-likeness (QED) is 0.593. The number of fused-ring (bicyclic) bond motifs is 1. The second-order valence-electron chi connectivity index (χ2n) is 4.25. The molecule has 3 aromatic heterocycles. The van der Waals surface area contributed by atoms with Crippen LogP contribution in [0.5, 0.6) is 0 Å². The summed E-state index contributed by atoms with van der Waals surface area (Å²) in [7, 11) is 0. The summed E-state index contributed by atoms with van der Waals surface area (Å²) in [4.78, 5) is 4.35. The fourth-order valence-electron chi connectivity index (χ4n) is 2.09. The first-order valence-corrected chi connectivity index (χ1v) is 6.05. The Morgan fingerprint density at radius 1 is 1.05 bits per heavy atom. The molecule has 0 radical (unpaired) electrons. The SMILES string of the molecule is c1cnc2c(c1)cnn2-c1ccc(-c2nn[nH]n2)cc1. The summed E-state index contributed by atoms with van der Waals surface area (Å²) in [6.07, 6.45) is 3.56. The Morgan fingerprint density at radius 3 is 2.75 bits per heavy atom. The van der Waals surface area contributed by atoms with Gasteiger partial charge in [0, 0.05) is 17.1 Å². The average molecular weight is 263 g/mol. The van der Waals surface area contributed by atoms with Gasteiger partial charge < -0.3 is 0 Å². The molecule has 0 aliphatic carbocycles. The van der Waals surface area contributed by atoms with Gasteiger partial charge in [0.05, 0.1) is 11.9 Å². The molecular weight excluding hydrogens is 254 g/mol. The van der Waals surface area contributed by atoms with Gasteiger partial charge in [-0.2, -0.15) is 10.3 Å². The number of tetrazole rings is 1. The van der Waals surface area contributed by atoms with Crippen molar-refractivity contribution in [1.29, 1.82) is 0 Å². The summed E-state index contributed by atoms with van der Waals surface area (Å²) in [5.41, 5.74) is 2.66. The molecule has 0 spiro atoms. The van der Waals surface area contributed by atoms with E-state index in [1.807, 2.05) is 36.4 Å². The number of pyridine rings is 1. The van der Waals surface area contributed by atoms with Crippen LogP contribution in [-0.4, -0.2) is 35.4 Å². The zero-order chi connectivity index (χ0) is 13.4. The van der Waals surface area contributed by atoms with Crippen molar-refractivity contribution in [2.24, 2.45) is 0 Å². The van der Waals surface area contributed by atoms with E-state index in [1.165, 1.54) is 0 Å². The average Bonchev–Trinajstić information content (AvgIpc) is 3.17. The minimum absolute atomic E-state index is 0.569. The van der Waals surface area contributed by atoms with E-state index in [2.05, 4.69) is 30.7 Å². The molecule has 0 unspecified atom stereocenters. The molecular formula is C13H9N7. The molecule has 96 valence electrons. The normalized spacial score (nSPS) is 11.0. The number of nitrogens with zero attached hydrogens (tertiary/aromatic N) is 6. The van der Waals surface area contributed by atoms with Crippen LogP contribution in [0.3, 0.4) is 0 Å². The Balaban J connectivity index is 1.79. The van der Waals surface area contributed by atoms with Crippen molar-refractivity contribution in [2.45, 2.75) is 0 Å². The molecule has 0 saturated heterocycles. The lowest BCUT2D eigenvalue weighted by molar-refractivity contribution is 0.881. The Labute approximate surface area is 113 Å². The first-order valence-electron chi connectivity index (χ1n) is 6.05. The lowest BCUT2D eigenvalue weighted by Gasteiger charge is -2.03. The van der Waals surface area contributed by atoms with Crippen molar-refractivity contribution < 1.29 is 0 Å². The van der Waals surface area contributed by atoms with Gasteiger partial charge in [0.1, 0.15) is 0 Å². The van der Waals surface area contributed by atoms with E-state index in [9.17, 15) is 0 Å². The smallest absolute Gasteiger partial charge is 0.204 e. The van der Waals surface area contributed by atoms with Crippen LogP contribution in [0.25, 0.3) is 28.1 Å². The molecule has 0 bridgehead atoms. The van der Waals surface area contributed by atoms with E-state index < -0.39 is 0 Å². The summed E-state index contributed by atoms with van der Waals surface area (Å²) < 4.78 is 1.80. The minimum Gasteiger partial charge on any atom is -0.237 e. The van der Waals surface area contributed by atoms with Crippen LogP contribution in [0.1, 0.15) is 0 Å². The first kappa shape index (κ1) is 10.8. The number of hydrogen-bond donors (Lipinski definition) is 1.